The van der Waals surface area contributed by atoms with Crippen molar-refractivity contribution < 1.29 is 15.0 Å². The Hall–Kier alpha value is -2.79. The monoisotopic (exact) mass is 314 g/mol. The third kappa shape index (κ3) is 2.66. The number of carboxylic acids is 1. The number of aromatic hydroxyl groups is 1. The number of rotatable bonds is 3. The molecule has 0 aliphatic rings. The van der Waals surface area contributed by atoms with Crippen LogP contribution in [0.15, 0.2) is 48.7 Å². The maximum Gasteiger partial charge on any atom is 0.339 e. The SMILES string of the molecule is O=C(O)c1cnc2ccc(Cl)cc2c1Nc1cccc(O)c1. The lowest BCUT2D eigenvalue weighted by Crippen LogP contribution is -2.04. The molecule has 5 nitrogen and oxygen atoms in total. The van der Waals surface area contributed by atoms with Crippen LogP contribution < -0.4 is 5.32 Å². The number of hydrogen-bond acceptors (Lipinski definition) is 4. The van der Waals surface area contributed by atoms with Crippen molar-refractivity contribution in [3.05, 3.63) is 59.2 Å². The lowest BCUT2D eigenvalue weighted by atomic mass is 10.1. The van der Waals surface area contributed by atoms with Gasteiger partial charge in [0.2, 0.25) is 0 Å². The molecule has 6 heteroatoms. The number of pyridine rings is 1. The van der Waals surface area contributed by atoms with Crippen LogP contribution >= 0.6 is 11.6 Å². The Morgan fingerprint density at radius 1 is 1.18 bits per heavy atom. The van der Waals surface area contributed by atoms with Crippen LogP contribution in [0, 0.1) is 0 Å². The highest BCUT2D eigenvalue weighted by atomic mass is 35.5. The lowest BCUT2D eigenvalue weighted by molar-refractivity contribution is 0.0697. The van der Waals surface area contributed by atoms with Crippen LogP contribution in [0.1, 0.15) is 10.4 Å². The van der Waals surface area contributed by atoms with Gasteiger partial charge in [0.05, 0.1) is 11.2 Å². The molecule has 1 aromatic heterocycles. The Morgan fingerprint density at radius 2 is 2.00 bits per heavy atom. The average Bonchev–Trinajstić information content (AvgIpc) is 2.47. The Bertz CT molecular complexity index is 880. The first-order chi connectivity index (χ1) is 10.5. The molecular formula is C16H11ClN2O3. The molecule has 0 fully saturated rings. The average molecular weight is 315 g/mol. The van der Waals surface area contributed by atoms with E-state index in [9.17, 15) is 15.0 Å². The maximum absolute atomic E-state index is 11.4. The van der Waals surface area contributed by atoms with Gasteiger partial charge in [-0.05, 0) is 30.3 Å². The number of phenolic OH excluding ortho intramolecular Hbond substituents is 1. The van der Waals surface area contributed by atoms with E-state index in [1.54, 1.807) is 30.3 Å². The van der Waals surface area contributed by atoms with Gasteiger partial charge in [0, 0.05) is 28.4 Å². The van der Waals surface area contributed by atoms with E-state index in [1.165, 1.54) is 18.3 Å². The molecule has 0 amide bonds. The van der Waals surface area contributed by atoms with E-state index in [1.807, 2.05) is 0 Å². The molecule has 3 aromatic rings. The number of carbonyl (C=O) groups is 1. The molecule has 22 heavy (non-hydrogen) atoms. The predicted molar refractivity (Wildman–Crippen MR) is 85.1 cm³/mol. The fraction of sp³-hybridized carbons (Fsp3) is 0. The molecule has 0 saturated carbocycles. The Morgan fingerprint density at radius 3 is 2.73 bits per heavy atom. The van der Waals surface area contributed by atoms with Crippen LogP contribution in [0.4, 0.5) is 11.4 Å². The number of aromatic nitrogens is 1. The number of carboxylic acid groups (broad SMARTS) is 1. The molecule has 0 unspecified atom stereocenters. The molecule has 3 N–H and O–H groups in total. The summed E-state index contributed by atoms with van der Waals surface area (Å²) in [5.74, 6) is -1.02. The second-order valence-electron chi connectivity index (χ2n) is 4.69. The van der Waals surface area contributed by atoms with Gasteiger partial charge in [-0.2, -0.15) is 0 Å². The van der Waals surface area contributed by atoms with E-state index in [-0.39, 0.29) is 11.3 Å². The van der Waals surface area contributed by atoms with E-state index in [4.69, 9.17) is 11.6 Å². The highest BCUT2D eigenvalue weighted by Gasteiger charge is 2.15. The number of anilines is 2. The number of nitrogens with one attached hydrogen (secondary N) is 1. The number of nitrogens with zero attached hydrogens (tertiary/aromatic N) is 1. The number of hydrogen-bond donors (Lipinski definition) is 3. The van der Waals surface area contributed by atoms with E-state index < -0.39 is 5.97 Å². The first-order valence-electron chi connectivity index (χ1n) is 6.42. The Kier molecular flexibility index (Phi) is 3.56. The van der Waals surface area contributed by atoms with Crippen LogP contribution in [0.2, 0.25) is 5.02 Å². The van der Waals surface area contributed by atoms with Crippen molar-refractivity contribution in [1.29, 1.82) is 0 Å². The summed E-state index contributed by atoms with van der Waals surface area (Å²) in [5.41, 5.74) is 1.59. The Labute approximate surface area is 130 Å². The number of fused-ring (bicyclic) bond motifs is 1. The topological polar surface area (TPSA) is 82.5 Å². The van der Waals surface area contributed by atoms with Crippen molar-refractivity contribution in [2.75, 3.05) is 5.32 Å². The first-order valence-corrected chi connectivity index (χ1v) is 6.80. The highest BCUT2D eigenvalue weighted by molar-refractivity contribution is 6.31. The normalized spacial score (nSPS) is 10.6. The fourth-order valence-corrected chi connectivity index (χ4v) is 2.36. The summed E-state index contributed by atoms with van der Waals surface area (Å²) >= 11 is 6.01. The predicted octanol–water partition coefficient (Wildman–Crippen LogP) is 4.04. The zero-order valence-corrected chi connectivity index (χ0v) is 12.0. The van der Waals surface area contributed by atoms with Gasteiger partial charge >= 0.3 is 5.97 Å². The van der Waals surface area contributed by atoms with Crippen LogP contribution in [-0.4, -0.2) is 21.2 Å². The fourth-order valence-electron chi connectivity index (χ4n) is 2.19. The molecular weight excluding hydrogens is 304 g/mol. The van der Waals surface area contributed by atoms with Crippen molar-refractivity contribution in [3.63, 3.8) is 0 Å². The molecule has 0 saturated heterocycles. The minimum Gasteiger partial charge on any atom is -0.508 e. The van der Waals surface area contributed by atoms with Crippen LogP contribution in [0.3, 0.4) is 0 Å². The van der Waals surface area contributed by atoms with Gasteiger partial charge in [-0.1, -0.05) is 17.7 Å². The van der Waals surface area contributed by atoms with Gasteiger partial charge in [-0.15, -0.1) is 0 Å². The molecule has 2 aromatic carbocycles. The van der Waals surface area contributed by atoms with Crippen LogP contribution in [0.5, 0.6) is 5.75 Å². The lowest BCUT2D eigenvalue weighted by Gasteiger charge is -2.13. The third-order valence-corrected chi connectivity index (χ3v) is 3.41. The van der Waals surface area contributed by atoms with Crippen molar-refractivity contribution in [1.82, 2.24) is 4.98 Å². The van der Waals surface area contributed by atoms with Crippen LogP contribution in [0.25, 0.3) is 10.9 Å². The van der Waals surface area contributed by atoms with Crippen LogP contribution in [-0.2, 0) is 0 Å². The summed E-state index contributed by atoms with van der Waals surface area (Å²) in [4.78, 5) is 15.6. The molecule has 0 aliphatic carbocycles. The molecule has 110 valence electrons. The summed E-state index contributed by atoms with van der Waals surface area (Å²) in [5, 5.41) is 23.0. The van der Waals surface area contributed by atoms with Crippen molar-refractivity contribution >= 4 is 39.8 Å². The standard InChI is InChI=1S/C16H11ClN2O3/c17-9-4-5-14-12(6-9)15(13(8-18-14)16(21)22)19-10-2-1-3-11(20)7-10/h1-8,20H,(H,18,19)(H,21,22). The summed E-state index contributed by atoms with van der Waals surface area (Å²) in [6.45, 7) is 0. The van der Waals surface area contributed by atoms with Crippen molar-refractivity contribution in [2.45, 2.75) is 0 Å². The molecule has 0 spiro atoms. The molecule has 0 bridgehead atoms. The van der Waals surface area contributed by atoms with Gasteiger partial charge < -0.3 is 15.5 Å². The molecule has 1 heterocycles. The molecule has 0 atom stereocenters. The number of benzene rings is 2. The minimum absolute atomic E-state index is 0.0260. The number of phenols is 1. The van der Waals surface area contributed by atoms with Crippen molar-refractivity contribution in [2.24, 2.45) is 0 Å². The quantitative estimate of drug-likeness (QED) is 0.679. The van der Waals surface area contributed by atoms with Gasteiger partial charge in [0.15, 0.2) is 0 Å². The van der Waals surface area contributed by atoms with Gasteiger partial charge in [0.25, 0.3) is 0 Å². The van der Waals surface area contributed by atoms with E-state index >= 15 is 0 Å². The molecule has 0 radical (unpaired) electrons. The third-order valence-electron chi connectivity index (χ3n) is 3.18. The molecule has 3 rings (SSSR count). The Balaban J connectivity index is 2.22. The zero-order valence-electron chi connectivity index (χ0n) is 11.2. The van der Waals surface area contributed by atoms with Gasteiger partial charge in [-0.25, -0.2) is 4.79 Å². The second-order valence-corrected chi connectivity index (χ2v) is 5.13. The first kappa shape index (κ1) is 14.2. The summed E-state index contributed by atoms with van der Waals surface area (Å²) in [6, 6.07) is 11.5. The van der Waals surface area contributed by atoms with Gasteiger partial charge in [0.1, 0.15) is 11.3 Å². The zero-order chi connectivity index (χ0) is 15.7. The van der Waals surface area contributed by atoms with E-state index in [0.29, 0.717) is 27.3 Å². The summed E-state index contributed by atoms with van der Waals surface area (Å²) < 4.78 is 0. The maximum atomic E-state index is 11.4. The minimum atomic E-state index is -1.10. The van der Waals surface area contributed by atoms with E-state index in [0.717, 1.165) is 0 Å². The van der Waals surface area contributed by atoms with E-state index in [2.05, 4.69) is 10.3 Å². The number of halogens is 1. The number of aromatic carboxylic acids is 1. The highest BCUT2D eigenvalue weighted by Crippen LogP contribution is 2.31. The largest absolute Gasteiger partial charge is 0.508 e. The second kappa shape index (κ2) is 5.54. The van der Waals surface area contributed by atoms with Crippen molar-refractivity contribution in [3.8, 4) is 5.75 Å². The van der Waals surface area contributed by atoms with Gasteiger partial charge in [-0.3, -0.25) is 4.98 Å². The summed E-state index contributed by atoms with van der Waals surface area (Å²) in [6.07, 6.45) is 1.30. The smallest absolute Gasteiger partial charge is 0.339 e. The summed E-state index contributed by atoms with van der Waals surface area (Å²) in [7, 11) is 0. The molecule has 0 aliphatic heterocycles.